The summed E-state index contributed by atoms with van der Waals surface area (Å²) in [4.78, 5) is 18.4. The molecule has 6 nitrogen and oxygen atoms in total. The van der Waals surface area contributed by atoms with E-state index >= 15 is 0 Å². The number of hydrogen-bond donors (Lipinski definition) is 2. The van der Waals surface area contributed by atoms with E-state index in [1.165, 1.54) is 17.6 Å². The van der Waals surface area contributed by atoms with E-state index in [-0.39, 0.29) is 11.4 Å². The smallest absolute Gasteiger partial charge is 0.258 e. The number of aromatic nitrogens is 3. The first kappa shape index (κ1) is 13.4. The fourth-order valence-corrected chi connectivity index (χ4v) is 2.60. The molecule has 0 fully saturated rings. The second kappa shape index (κ2) is 5.45. The highest BCUT2D eigenvalue weighted by Gasteiger charge is 2.09. The Hall–Kier alpha value is -2.54. The summed E-state index contributed by atoms with van der Waals surface area (Å²) in [5, 5.41) is 20.4. The Kier molecular flexibility index (Phi) is 3.49. The highest BCUT2D eigenvalue weighted by atomic mass is 32.1. The van der Waals surface area contributed by atoms with Crippen LogP contribution in [0.3, 0.4) is 0 Å². The molecule has 3 rings (SSSR count). The molecule has 106 valence electrons. The number of aryl methyl sites for hydroxylation is 1. The molecule has 2 heterocycles. The molecule has 0 saturated carbocycles. The molecule has 3 aromatic rings. The van der Waals surface area contributed by atoms with Crippen LogP contribution in [0.15, 0.2) is 34.1 Å². The summed E-state index contributed by atoms with van der Waals surface area (Å²) in [6.07, 6.45) is 2.30. The Morgan fingerprint density at radius 2 is 2.10 bits per heavy atom. The van der Waals surface area contributed by atoms with Gasteiger partial charge in [0.25, 0.3) is 5.56 Å². The van der Waals surface area contributed by atoms with Crippen LogP contribution in [-0.2, 0) is 6.42 Å². The Bertz CT molecular complexity index is 882. The maximum Gasteiger partial charge on any atom is 0.258 e. The monoisotopic (exact) mass is 300 g/mol. The molecule has 0 bridgehead atoms. The van der Waals surface area contributed by atoms with Crippen molar-refractivity contribution >= 4 is 33.5 Å². The summed E-state index contributed by atoms with van der Waals surface area (Å²) < 4.78 is 0. The van der Waals surface area contributed by atoms with Crippen molar-refractivity contribution in [3.63, 3.8) is 0 Å². The van der Waals surface area contributed by atoms with E-state index in [1.54, 1.807) is 24.3 Å². The number of rotatable bonds is 3. The van der Waals surface area contributed by atoms with Gasteiger partial charge in [-0.25, -0.2) is 4.99 Å². The van der Waals surface area contributed by atoms with Gasteiger partial charge in [-0.15, -0.1) is 10.2 Å². The number of hydrogen-bond acceptors (Lipinski definition) is 6. The minimum absolute atomic E-state index is 0.206. The number of nitrogens with zero attached hydrogens (tertiary/aromatic N) is 3. The fraction of sp³-hybridized carbons (Fsp3) is 0.143. The molecule has 1 aromatic carbocycles. The first-order chi connectivity index (χ1) is 10.2. The van der Waals surface area contributed by atoms with Crippen molar-refractivity contribution < 1.29 is 5.11 Å². The second-order valence-electron chi connectivity index (χ2n) is 4.35. The van der Waals surface area contributed by atoms with Crippen LogP contribution in [0.2, 0.25) is 0 Å². The van der Waals surface area contributed by atoms with E-state index < -0.39 is 0 Å². The third-order valence-electron chi connectivity index (χ3n) is 3.01. The molecule has 0 unspecified atom stereocenters. The van der Waals surface area contributed by atoms with Crippen molar-refractivity contribution in [1.29, 1.82) is 0 Å². The summed E-state index contributed by atoms with van der Waals surface area (Å²) in [7, 11) is 0. The van der Waals surface area contributed by atoms with Crippen LogP contribution >= 0.6 is 11.3 Å². The molecule has 0 amide bonds. The standard InChI is InChI=1S/C14H12N4O2S/c1-2-11-17-18-14(21-11)15-7-10-8-5-3-4-6-9(8)12(19)16-13(10)20/h3-7H,2H2,1H3,(H2,16,19,20)/b15-7+. The number of benzene rings is 1. The lowest BCUT2D eigenvalue weighted by atomic mass is 10.1. The molecule has 7 heteroatoms. The molecular weight excluding hydrogens is 288 g/mol. The first-order valence-corrected chi connectivity index (χ1v) is 7.21. The second-order valence-corrected chi connectivity index (χ2v) is 5.39. The van der Waals surface area contributed by atoms with Gasteiger partial charge in [-0.05, 0) is 12.5 Å². The number of fused-ring (bicyclic) bond motifs is 1. The third-order valence-corrected chi connectivity index (χ3v) is 3.99. The van der Waals surface area contributed by atoms with Crippen molar-refractivity contribution in [2.24, 2.45) is 4.99 Å². The zero-order valence-electron chi connectivity index (χ0n) is 11.2. The fourth-order valence-electron chi connectivity index (χ4n) is 1.98. The van der Waals surface area contributed by atoms with E-state index in [2.05, 4.69) is 20.2 Å². The first-order valence-electron chi connectivity index (χ1n) is 6.39. The van der Waals surface area contributed by atoms with E-state index in [1.807, 2.05) is 6.92 Å². The zero-order chi connectivity index (χ0) is 14.8. The van der Waals surface area contributed by atoms with Crippen LogP contribution in [0.5, 0.6) is 5.88 Å². The van der Waals surface area contributed by atoms with Crippen molar-refractivity contribution in [3.05, 3.63) is 45.2 Å². The van der Waals surface area contributed by atoms with Crippen LogP contribution in [0.1, 0.15) is 17.5 Å². The Morgan fingerprint density at radius 3 is 2.81 bits per heavy atom. The van der Waals surface area contributed by atoms with Crippen LogP contribution in [-0.4, -0.2) is 26.5 Å². The Labute approximate surface area is 123 Å². The van der Waals surface area contributed by atoms with Gasteiger partial charge in [0.05, 0.1) is 5.56 Å². The van der Waals surface area contributed by atoms with E-state index in [0.29, 0.717) is 21.5 Å². The van der Waals surface area contributed by atoms with E-state index in [4.69, 9.17) is 0 Å². The minimum atomic E-state index is -0.329. The van der Waals surface area contributed by atoms with Crippen LogP contribution in [0.4, 0.5) is 5.13 Å². The van der Waals surface area contributed by atoms with Gasteiger partial charge in [-0.2, -0.15) is 0 Å². The topological polar surface area (TPSA) is 91.2 Å². The highest BCUT2D eigenvalue weighted by Crippen LogP contribution is 2.23. The molecule has 0 atom stereocenters. The predicted octanol–water partition coefficient (Wildman–Crippen LogP) is 2.40. The van der Waals surface area contributed by atoms with E-state index in [0.717, 1.165) is 11.4 Å². The number of aliphatic imine (C=N–C) groups is 1. The summed E-state index contributed by atoms with van der Waals surface area (Å²) in [5.41, 5.74) is 0.128. The van der Waals surface area contributed by atoms with Crippen LogP contribution in [0, 0.1) is 0 Å². The van der Waals surface area contributed by atoms with Crippen LogP contribution in [0.25, 0.3) is 10.8 Å². The summed E-state index contributed by atoms with van der Waals surface area (Å²) in [5.74, 6) is -0.206. The SMILES string of the molecule is CCc1nnc(/N=C/c2c(O)[nH]c(=O)c3ccccc23)s1. The average Bonchev–Trinajstić information content (AvgIpc) is 2.95. The highest BCUT2D eigenvalue weighted by molar-refractivity contribution is 7.14. The molecule has 0 aliphatic heterocycles. The maximum absolute atomic E-state index is 11.8. The molecule has 2 N–H and O–H groups in total. The van der Waals surface area contributed by atoms with Crippen molar-refractivity contribution in [2.45, 2.75) is 13.3 Å². The van der Waals surface area contributed by atoms with Gasteiger partial charge < -0.3 is 5.11 Å². The van der Waals surface area contributed by atoms with Crippen LogP contribution < -0.4 is 5.56 Å². The predicted molar refractivity (Wildman–Crippen MR) is 82.8 cm³/mol. The maximum atomic E-state index is 11.8. The molecular formula is C14H12N4O2S. The number of nitrogens with one attached hydrogen (secondary N) is 1. The summed E-state index contributed by atoms with van der Waals surface area (Å²) in [6, 6.07) is 7.04. The Balaban J connectivity index is 2.10. The van der Waals surface area contributed by atoms with Gasteiger partial charge in [-0.3, -0.25) is 9.78 Å². The summed E-state index contributed by atoms with van der Waals surface area (Å²) >= 11 is 1.39. The molecule has 0 aliphatic rings. The van der Waals surface area contributed by atoms with Crippen molar-refractivity contribution in [3.8, 4) is 5.88 Å². The molecule has 0 radical (unpaired) electrons. The van der Waals surface area contributed by atoms with Gasteiger partial charge in [0.1, 0.15) is 5.01 Å². The molecule has 0 spiro atoms. The van der Waals surface area contributed by atoms with Gasteiger partial charge in [0.2, 0.25) is 11.0 Å². The van der Waals surface area contributed by atoms with Crippen molar-refractivity contribution in [2.75, 3.05) is 0 Å². The van der Waals surface area contributed by atoms with E-state index in [9.17, 15) is 9.90 Å². The van der Waals surface area contributed by atoms with Gasteiger partial charge >= 0.3 is 0 Å². The minimum Gasteiger partial charge on any atom is -0.494 e. The van der Waals surface area contributed by atoms with Crippen molar-refractivity contribution in [1.82, 2.24) is 15.2 Å². The normalized spacial score (nSPS) is 11.5. The molecule has 2 aromatic heterocycles. The van der Waals surface area contributed by atoms with Gasteiger partial charge in [-0.1, -0.05) is 36.5 Å². The number of H-pyrrole nitrogens is 1. The zero-order valence-corrected chi connectivity index (χ0v) is 12.0. The number of aromatic amines is 1. The lowest BCUT2D eigenvalue weighted by Gasteiger charge is -2.03. The number of aromatic hydroxyl groups is 1. The largest absolute Gasteiger partial charge is 0.494 e. The number of pyridine rings is 1. The summed E-state index contributed by atoms with van der Waals surface area (Å²) in [6.45, 7) is 2.00. The molecule has 0 saturated heterocycles. The quantitative estimate of drug-likeness (QED) is 0.727. The third kappa shape index (κ3) is 2.55. The lowest BCUT2D eigenvalue weighted by Crippen LogP contribution is -2.07. The average molecular weight is 300 g/mol. The molecule has 0 aliphatic carbocycles. The van der Waals surface area contributed by atoms with Gasteiger partial charge in [0, 0.05) is 17.0 Å². The lowest BCUT2D eigenvalue weighted by molar-refractivity contribution is 0.452. The van der Waals surface area contributed by atoms with Gasteiger partial charge in [0.15, 0.2) is 0 Å². The molecule has 21 heavy (non-hydrogen) atoms. The Morgan fingerprint density at radius 1 is 1.33 bits per heavy atom.